The average molecular weight is 901 g/mol. The zero-order valence-corrected chi connectivity index (χ0v) is 38.2. The monoisotopic (exact) mass is 900 g/mol. The number of fused-ring (bicyclic) bond motifs is 5. The van der Waals surface area contributed by atoms with Gasteiger partial charge in [-0.25, -0.2) is 4.98 Å². The second-order valence-corrected chi connectivity index (χ2v) is 20.2. The van der Waals surface area contributed by atoms with E-state index in [-0.39, 0.29) is 0 Å². The van der Waals surface area contributed by atoms with E-state index in [1.54, 1.807) is 12.4 Å². The largest absolute Gasteiger partial charge is 0.305 e. The van der Waals surface area contributed by atoms with Gasteiger partial charge < -0.3 is 4.57 Å². The minimum absolute atomic E-state index is 0.512. The van der Waals surface area contributed by atoms with Crippen LogP contribution in [0.4, 0.5) is 0 Å². The van der Waals surface area contributed by atoms with Gasteiger partial charge in [0.25, 0.3) is 0 Å². The van der Waals surface area contributed by atoms with Crippen molar-refractivity contribution in [2.24, 2.45) is 0 Å². The zero-order chi connectivity index (χ0) is 45.9. The summed E-state index contributed by atoms with van der Waals surface area (Å²) in [5.41, 5.74) is 12.0. The minimum atomic E-state index is -3.38. The molecule has 3 heterocycles. The Morgan fingerprint density at radius 3 is 1.65 bits per heavy atom. The fourth-order valence-electron chi connectivity index (χ4n) is 10.2. The molecule has 69 heavy (non-hydrogen) atoms. The highest BCUT2D eigenvalue weighted by Gasteiger charge is 2.32. The van der Waals surface area contributed by atoms with Crippen LogP contribution in [0.1, 0.15) is 0 Å². The summed E-state index contributed by atoms with van der Waals surface area (Å²) in [4.78, 5) is 14.3. The normalized spacial score (nSPS) is 11.8. The second kappa shape index (κ2) is 16.5. The molecule has 5 nitrogen and oxygen atoms in total. The van der Waals surface area contributed by atoms with Crippen molar-refractivity contribution in [3.8, 4) is 50.5 Å². The molecule has 324 valence electrons. The highest BCUT2D eigenvalue weighted by Crippen LogP contribution is 2.47. The van der Waals surface area contributed by atoms with Crippen LogP contribution in [-0.2, 0) is 4.57 Å². The Kier molecular flexibility index (Phi) is 9.71. The molecular formula is C63H41N4OP. The van der Waals surface area contributed by atoms with Gasteiger partial charge in [-0.1, -0.05) is 170 Å². The molecule has 0 saturated carbocycles. The van der Waals surface area contributed by atoms with Gasteiger partial charge in [0.2, 0.25) is 7.14 Å². The van der Waals surface area contributed by atoms with E-state index >= 15 is 4.57 Å². The third kappa shape index (κ3) is 6.86. The lowest BCUT2D eigenvalue weighted by Crippen LogP contribution is -2.28. The first-order valence-electron chi connectivity index (χ1n) is 23.2. The molecule has 0 radical (unpaired) electrons. The molecule has 10 aromatic carbocycles. The van der Waals surface area contributed by atoms with Crippen LogP contribution < -0.4 is 16.2 Å². The van der Waals surface area contributed by atoms with E-state index in [9.17, 15) is 0 Å². The van der Waals surface area contributed by atoms with Crippen molar-refractivity contribution in [2.75, 3.05) is 0 Å². The van der Waals surface area contributed by atoms with Gasteiger partial charge in [-0.2, -0.15) is 0 Å². The van der Waals surface area contributed by atoms with Crippen molar-refractivity contribution in [2.45, 2.75) is 0 Å². The molecule has 0 fully saturated rings. The Bertz CT molecular complexity index is 4110. The SMILES string of the molecule is O=P(c1ccc(-c2c3ccccc3c(-c3ccc4ccccc4c3)c3cc(-c4ccc5cc(-n6c(-c7ccccc7)nc7ccccc76)ccc5c4)ccc23)cc1)(c1ccccn1)c1ccccn1. The second-order valence-electron chi connectivity index (χ2n) is 17.5. The van der Waals surface area contributed by atoms with E-state index in [1.165, 1.54) is 16.3 Å². The molecular weight excluding hydrogens is 860 g/mol. The highest BCUT2D eigenvalue weighted by molar-refractivity contribution is 7.84. The van der Waals surface area contributed by atoms with Gasteiger partial charge in [-0.3, -0.25) is 14.5 Å². The topological polar surface area (TPSA) is 60.7 Å². The Hall–Kier alpha value is -8.76. The van der Waals surface area contributed by atoms with Crippen molar-refractivity contribution in [3.63, 3.8) is 0 Å². The van der Waals surface area contributed by atoms with Crippen LogP contribution in [0.5, 0.6) is 0 Å². The first-order chi connectivity index (χ1) is 34.1. The molecule has 0 unspecified atom stereocenters. The van der Waals surface area contributed by atoms with Crippen LogP contribution in [0.15, 0.2) is 249 Å². The third-order valence-electron chi connectivity index (χ3n) is 13.5. The Morgan fingerprint density at radius 2 is 0.899 bits per heavy atom. The fourth-order valence-corrected chi connectivity index (χ4v) is 12.6. The molecule has 0 bridgehead atoms. The lowest BCUT2D eigenvalue weighted by molar-refractivity contribution is 0.591. The quantitative estimate of drug-likeness (QED) is 0.113. The van der Waals surface area contributed by atoms with Gasteiger partial charge in [0, 0.05) is 28.9 Å². The fraction of sp³-hybridized carbons (Fsp3) is 0. The third-order valence-corrected chi connectivity index (χ3v) is 16.4. The average Bonchev–Trinajstić information content (AvgIpc) is 3.82. The smallest absolute Gasteiger partial charge is 0.205 e. The van der Waals surface area contributed by atoms with Crippen molar-refractivity contribution < 1.29 is 4.57 Å². The number of rotatable bonds is 8. The summed E-state index contributed by atoms with van der Waals surface area (Å²) < 4.78 is 17.6. The number of hydrogen-bond donors (Lipinski definition) is 0. The van der Waals surface area contributed by atoms with Crippen molar-refractivity contribution in [3.05, 3.63) is 249 Å². The summed E-state index contributed by atoms with van der Waals surface area (Å²) in [5.74, 6) is 0.919. The van der Waals surface area contributed by atoms with Crippen LogP contribution in [-0.4, -0.2) is 19.5 Å². The maximum absolute atomic E-state index is 15.3. The van der Waals surface area contributed by atoms with Gasteiger partial charge in [0.15, 0.2) is 0 Å². The number of nitrogens with zero attached hydrogens (tertiary/aromatic N) is 4. The van der Waals surface area contributed by atoms with Crippen molar-refractivity contribution >= 4 is 77.4 Å². The van der Waals surface area contributed by atoms with E-state index in [2.05, 4.69) is 190 Å². The van der Waals surface area contributed by atoms with Crippen LogP contribution in [0.2, 0.25) is 0 Å². The van der Waals surface area contributed by atoms with E-state index in [0.717, 1.165) is 88.2 Å². The number of hydrogen-bond acceptors (Lipinski definition) is 4. The first kappa shape index (κ1) is 40.5. The molecule has 0 spiro atoms. The Morgan fingerprint density at radius 1 is 0.362 bits per heavy atom. The minimum Gasteiger partial charge on any atom is -0.305 e. The molecule has 0 atom stereocenters. The predicted molar refractivity (Wildman–Crippen MR) is 288 cm³/mol. The van der Waals surface area contributed by atoms with E-state index in [4.69, 9.17) is 4.98 Å². The summed E-state index contributed by atoms with van der Waals surface area (Å²) in [7, 11) is -3.38. The number of pyridine rings is 2. The molecule has 0 aliphatic carbocycles. The van der Waals surface area contributed by atoms with Gasteiger partial charge in [0.1, 0.15) is 16.7 Å². The van der Waals surface area contributed by atoms with Crippen LogP contribution in [0, 0.1) is 0 Å². The standard InChI is InChI=1S/C63H41N4OP/c68-69(59-22-10-12-36-64-59,60-23-11-13-37-65-60)52-33-29-43(30-34-52)61-53-18-6-7-19-54(53)62(50-27-24-42-14-4-5-17-45(42)39-50)56-41-49(31-35-55(56)61)46-25-26-48-40-51(32-28-47(48)38-46)67-58-21-9-8-20-57(58)66-63(67)44-15-2-1-3-16-44/h1-41H. The molecule has 13 rings (SSSR count). The number of benzene rings is 10. The lowest BCUT2D eigenvalue weighted by Gasteiger charge is -2.20. The van der Waals surface area contributed by atoms with E-state index < -0.39 is 7.14 Å². The maximum Gasteiger partial charge on any atom is 0.205 e. The maximum atomic E-state index is 15.3. The predicted octanol–water partition coefficient (Wildman–Crippen LogP) is 14.7. The lowest BCUT2D eigenvalue weighted by atomic mass is 9.84. The van der Waals surface area contributed by atoms with Crippen LogP contribution in [0.25, 0.3) is 105 Å². The summed E-state index contributed by atoms with van der Waals surface area (Å²) in [6, 6.07) is 82.7. The molecule has 0 N–H and O–H groups in total. The Balaban J connectivity index is 0.977. The molecule has 0 saturated heterocycles. The molecule has 3 aromatic heterocycles. The summed E-state index contributed by atoms with van der Waals surface area (Å²) in [6.07, 6.45) is 3.39. The number of aromatic nitrogens is 4. The summed E-state index contributed by atoms with van der Waals surface area (Å²) in [6.45, 7) is 0. The molecule has 0 aliphatic heterocycles. The van der Waals surface area contributed by atoms with Crippen molar-refractivity contribution in [1.29, 1.82) is 0 Å². The van der Waals surface area contributed by atoms with Gasteiger partial charge in [-0.05, 0) is 143 Å². The van der Waals surface area contributed by atoms with Gasteiger partial charge in [0.05, 0.1) is 11.0 Å². The zero-order valence-electron chi connectivity index (χ0n) is 37.3. The summed E-state index contributed by atoms with van der Waals surface area (Å²) in [5, 5.41) is 10.0. The number of para-hydroxylation sites is 2. The molecule has 6 heteroatoms. The van der Waals surface area contributed by atoms with E-state index in [1.807, 2.05) is 60.7 Å². The molecule has 0 aliphatic rings. The molecule has 0 amide bonds. The van der Waals surface area contributed by atoms with Crippen LogP contribution >= 0.6 is 7.14 Å². The van der Waals surface area contributed by atoms with Gasteiger partial charge in [-0.15, -0.1) is 0 Å². The van der Waals surface area contributed by atoms with Crippen molar-refractivity contribution in [1.82, 2.24) is 19.5 Å². The Labute approximate surface area is 399 Å². The number of imidazole rings is 1. The summed E-state index contributed by atoms with van der Waals surface area (Å²) >= 11 is 0. The van der Waals surface area contributed by atoms with Crippen LogP contribution in [0.3, 0.4) is 0 Å². The molecule has 13 aromatic rings. The van der Waals surface area contributed by atoms with Gasteiger partial charge >= 0.3 is 0 Å². The van der Waals surface area contributed by atoms with E-state index in [0.29, 0.717) is 16.2 Å². The first-order valence-corrected chi connectivity index (χ1v) is 24.9. The highest BCUT2D eigenvalue weighted by atomic mass is 31.2.